The van der Waals surface area contributed by atoms with Crippen LogP contribution in [0.3, 0.4) is 0 Å². The van der Waals surface area contributed by atoms with Crippen molar-refractivity contribution in [2.24, 2.45) is 0 Å². The topological polar surface area (TPSA) is 26.3 Å². The Morgan fingerprint density at radius 2 is 1.60 bits per heavy atom. The maximum Gasteiger partial charge on any atom is 0.111 e. The van der Waals surface area contributed by atoms with Crippen molar-refractivity contribution in [3.05, 3.63) is 12.1 Å². The van der Waals surface area contributed by atoms with Crippen molar-refractivity contribution in [1.82, 2.24) is 0 Å². The zero-order valence-corrected chi connectivity index (χ0v) is 11.3. The highest BCUT2D eigenvalue weighted by molar-refractivity contribution is 7.67. The lowest BCUT2D eigenvalue weighted by atomic mass is 10.4. The second-order valence-corrected chi connectivity index (χ2v) is 6.94. The van der Waals surface area contributed by atoms with E-state index in [9.17, 15) is 4.57 Å². The summed E-state index contributed by atoms with van der Waals surface area (Å²) in [7, 11) is -2.09. The SMILES string of the molecule is CCCCP(=O)(/C=C\OCC)CCCC. The minimum Gasteiger partial charge on any atom is -0.501 e. The Balaban J connectivity index is 4.19. The van der Waals surface area contributed by atoms with E-state index < -0.39 is 7.14 Å². The van der Waals surface area contributed by atoms with E-state index in [1.807, 2.05) is 12.7 Å². The highest BCUT2D eigenvalue weighted by Crippen LogP contribution is 2.48. The van der Waals surface area contributed by atoms with E-state index in [2.05, 4.69) is 13.8 Å². The van der Waals surface area contributed by atoms with Crippen LogP contribution in [-0.2, 0) is 9.30 Å². The average molecular weight is 232 g/mol. The monoisotopic (exact) mass is 232 g/mol. The average Bonchev–Trinajstić information content (AvgIpc) is 2.24. The fourth-order valence-corrected chi connectivity index (χ4v) is 3.90. The Kier molecular flexibility index (Phi) is 8.89. The third-order valence-corrected chi connectivity index (χ3v) is 5.19. The van der Waals surface area contributed by atoms with Crippen LogP contribution in [0.25, 0.3) is 0 Å². The van der Waals surface area contributed by atoms with Crippen molar-refractivity contribution >= 4 is 7.14 Å². The summed E-state index contributed by atoms with van der Waals surface area (Å²) in [4.78, 5) is 0. The van der Waals surface area contributed by atoms with Gasteiger partial charge in [0.15, 0.2) is 0 Å². The lowest BCUT2D eigenvalue weighted by Gasteiger charge is -2.13. The van der Waals surface area contributed by atoms with E-state index in [-0.39, 0.29) is 0 Å². The number of hydrogen-bond acceptors (Lipinski definition) is 2. The van der Waals surface area contributed by atoms with Crippen molar-refractivity contribution in [1.29, 1.82) is 0 Å². The summed E-state index contributed by atoms with van der Waals surface area (Å²) in [6, 6.07) is 0. The van der Waals surface area contributed by atoms with Gasteiger partial charge in [-0.2, -0.15) is 0 Å². The Hall–Kier alpha value is -0.230. The van der Waals surface area contributed by atoms with Crippen LogP contribution in [0.1, 0.15) is 46.5 Å². The number of unbranched alkanes of at least 4 members (excludes halogenated alkanes) is 2. The van der Waals surface area contributed by atoms with Crippen LogP contribution >= 0.6 is 7.14 Å². The summed E-state index contributed by atoms with van der Waals surface area (Å²) in [5.74, 6) is 1.82. The molecule has 0 aromatic rings. The van der Waals surface area contributed by atoms with Crippen molar-refractivity contribution in [3.63, 3.8) is 0 Å². The maximum absolute atomic E-state index is 12.4. The molecule has 3 heteroatoms. The van der Waals surface area contributed by atoms with Crippen LogP contribution in [0.15, 0.2) is 12.1 Å². The van der Waals surface area contributed by atoms with Gasteiger partial charge in [-0.15, -0.1) is 0 Å². The molecule has 0 unspecified atom stereocenters. The van der Waals surface area contributed by atoms with Crippen LogP contribution in [0, 0.1) is 0 Å². The first-order valence-electron chi connectivity index (χ1n) is 6.05. The van der Waals surface area contributed by atoms with E-state index in [4.69, 9.17) is 4.74 Å². The molecule has 0 aromatic carbocycles. The highest BCUT2D eigenvalue weighted by Gasteiger charge is 2.16. The largest absolute Gasteiger partial charge is 0.501 e. The summed E-state index contributed by atoms with van der Waals surface area (Å²) in [5.41, 5.74) is 0. The van der Waals surface area contributed by atoms with Gasteiger partial charge in [0.2, 0.25) is 0 Å². The molecule has 0 bridgehead atoms. The maximum atomic E-state index is 12.4. The number of hydrogen-bond donors (Lipinski definition) is 0. The first-order valence-corrected chi connectivity index (χ1v) is 8.20. The number of rotatable bonds is 9. The molecule has 0 aromatic heterocycles. The minimum absolute atomic E-state index is 0.651. The molecule has 0 aliphatic heterocycles. The van der Waals surface area contributed by atoms with Gasteiger partial charge in [-0.25, -0.2) is 0 Å². The smallest absolute Gasteiger partial charge is 0.111 e. The van der Waals surface area contributed by atoms with Crippen molar-refractivity contribution in [2.45, 2.75) is 46.5 Å². The second kappa shape index (κ2) is 9.03. The zero-order valence-electron chi connectivity index (χ0n) is 10.4. The van der Waals surface area contributed by atoms with Crippen molar-refractivity contribution in [2.75, 3.05) is 18.9 Å². The van der Waals surface area contributed by atoms with Crippen LogP contribution in [0.5, 0.6) is 0 Å². The first-order chi connectivity index (χ1) is 7.18. The van der Waals surface area contributed by atoms with Crippen LogP contribution in [-0.4, -0.2) is 18.9 Å². The van der Waals surface area contributed by atoms with Crippen molar-refractivity contribution < 1.29 is 9.30 Å². The van der Waals surface area contributed by atoms with Gasteiger partial charge in [-0.05, 0) is 19.8 Å². The fourth-order valence-electron chi connectivity index (χ4n) is 1.36. The van der Waals surface area contributed by atoms with Gasteiger partial charge in [-0.1, -0.05) is 26.7 Å². The molecule has 0 amide bonds. The molecule has 0 saturated carbocycles. The van der Waals surface area contributed by atoms with E-state index in [0.29, 0.717) is 6.61 Å². The van der Waals surface area contributed by atoms with Crippen molar-refractivity contribution in [3.8, 4) is 0 Å². The predicted octanol–water partition coefficient (Wildman–Crippen LogP) is 4.46. The summed E-state index contributed by atoms with van der Waals surface area (Å²) in [6.07, 6.45) is 7.64. The number of ether oxygens (including phenoxy) is 1. The summed E-state index contributed by atoms with van der Waals surface area (Å²) in [5, 5.41) is 0. The van der Waals surface area contributed by atoms with E-state index in [1.54, 1.807) is 6.26 Å². The Morgan fingerprint density at radius 1 is 1.07 bits per heavy atom. The molecular formula is C12H25O2P. The summed E-state index contributed by atoms with van der Waals surface area (Å²) < 4.78 is 17.6. The van der Waals surface area contributed by atoms with Crippen LogP contribution in [0.2, 0.25) is 0 Å². The second-order valence-electron chi connectivity index (χ2n) is 3.85. The van der Waals surface area contributed by atoms with E-state index >= 15 is 0 Å². The Bertz CT molecular complexity index is 200. The molecule has 0 rings (SSSR count). The molecule has 0 N–H and O–H groups in total. The molecule has 15 heavy (non-hydrogen) atoms. The first kappa shape index (κ1) is 14.8. The Labute approximate surface area is 94.5 Å². The van der Waals surface area contributed by atoms with Gasteiger partial charge in [0.05, 0.1) is 12.9 Å². The van der Waals surface area contributed by atoms with Gasteiger partial charge in [0, 0.05) is 18.1 Å². The molecule has 0 fully saturated rings. The summed E-state index contributed by atoms with van der Waals surface area (Å²) >= 11 is 0. The van der Waals surface area contributed by atoms with Gasteiger partial charge in [0.1, 0.15) is 7.14 Å². The molecule has 0 aliphatic carbocycles. The van der Waals surface area contributed by atoms with Gasteiger partial charge >= 0.3 is 0 Å². The minimum atomic E-state index is -2.09. The molecule has 0 spiro atoms. The molecule has 2 nitrogen and oxygen atoms in total. The normalized spacial score (nSPS) is 12.2. The highest BCUT2D eigenvalue weighted by atomic mass is 31.2. The van der Waals surface area contributed by atoms with Gasteiger partial charge in [-0.3, -0.25) is 0 Å². The molecule has 0 atom stereocenters. The fraction of sp³-hybridized carbons (Fsp3) is 0.833. The molecule has 0 aliphatic rings. The molecule has 0 radical (unpaired) electrons. The van der Waals surface area contributed by atoms with E-state index in [0.717, 1.165) is 38.0 Å². The quantitative estimate of drug-likeness (QED) is 0.433. The predicted molar refractivity (Wildman–Crippen MR) is 67.9 cm³/mol. The third-order valence-electron chi connectivity index (χ3n) is 2.38. The molecular weight excluding hydrogens is 207 g/mol. The van der Waals surface area contributed by atoms with Crippen LogP contribution < -0.4 is 0 Å². The van der Waals surface area contributed by atoms with Crippen LogP contribution in [0.4, 0.5) is 0 Å². The molecule has 90 valence electrons. The lowest BCUT2D eigenvalue weighted by molar-refractivity contribution is 0.270. The Morgan fingerprint density at radius 3 is 2.00 bits per heavy atom. The van der Waals surface area contributed by atoms with Gasteiger partial charge < -0.3 is 9.30 Å². The summed E-state index contributed by atoms with van der Waals surface area (Å²) in [6.45, 7) is 6.86. The van der Waals surface area contributed by atoms with E-state index in [1.165, 1.54) is 0 Å². The third kappa shape index (κ3) is 7.67. The zero-order chi connectivity index (χ0) is 11.6. The molecule has 0 heterocycles. The van der Waals surface area contributed by atoms with Gasteiger partial charge in [0.25, 0.3) is 0 Å². The lowest BCUT2D eigenvalue weighted by Crippen LogP contribution is -1.93. The standard InChI is InChI=1S/C12H25O2P/c1-4-7-10-15(13,11-8-5-2)12-9-14-6-3/h9,12H,4-8,10-11H2,1-3H3/b12-9-. The molecule has 0 saturated heterocycles.